The second kappa shape index (κ2) is 7.46. The molecule has 1 aliphatic carbocycles. The van der Waals surface area contributed by atoms with Crippen LogP contribution in [0.5, 0.6) is 0 Å². The zero-order chi connectivity index (χ0) is 21.5. The molecule has 0 atom stereocenters. The van der Waals surface area contributed by atoms with Gasteiger partial charge < -0.3 is 9.15 Å². The molecule has 0 aliphatic heterocycles. The number of benzene rings is 2. The van der Waals surface area contributed by atoms with Gasteiger partial charge in [-0.2, -0.15) is 0 Å². The summed E-state index contributed by atoms with van der Waals surface area (Å²) in [5.41, 5.74) is 6.43. The first-order valence-electron chi connectivity index (χ1n) is 10.7. The Kier molecular flexibility index (Phi) is 5.09. The summed E-state index contributed by atoms with van der Waals surface area (Å²) in [6.45, 7) is 11.5. The summed E-state index contributed by atoms with van der Waals surface area (Å²) in [4.78, 5) is 11.6. The molecule has 156 valence electrons. The second-order valence-corrected chi connectivity index (χ2v) is 9.48. The number of furan rings is 1. The highest BCUT2D eigenvalue weighted by Crippen LogP contribution is 2.47. The molecule has 0 N–H and O–H groups in total. The lowest BCUT2D eigenvalue weighted by Crippen LogP contribution is -2.33. The molecule has 0 saturated carbocycles. The van der Waals surface area contributed by atoms with Crippen LogP contribution in [0.15, 0.2) is 53.0 Å². The van der Waals surface area contributed by atoms with E-state index < -0.39 is 0 Å². The van der Waals surface area contributed by atoms with Crippen LogP contribution in [0.1, 0.15) is 64.3 Å². The minimum Gasteiger partial charge on any atom is -0.463 e. The molecule has 4 rings (SSSR count). The van der Waals surface area contributed by atoms with Gasteiger partial charge in [-0.3, -0.25) is 0 Å². The Morgan fingerprint density at radius 3 is 2.50 bits per heavy atom. The summed E-state index contributed by atoms with van der Waals surface area (Å²) >= 11 is 0. The van der Waals surface area contributed by atoms with Crippen molar-refractivity contribution >= 4 is 23.0 Å². The highest BCUT2D eigenvalue weighted by Gasteiger charge is 2.37. The predicted molar refractivity (Wildman–Crippen MR) is 123 cm³/mol. The predicted octanol–water partition coefficient (Wildman–Crippen LogP) is 7.03. The smallest absolute Gasteiger partial charge is 0.330 e. The summed E-state index contributed by atoms with van der Waals surface area (Å²) in [6, 6.07) is 15.0. The van der Waals surface area contributed by atoms with E-state index in [2.05, 4.69) is 52.0 Å². The number of hydrogen-bond donors (Lipinski definition) is 0. The number of rotatable bonds is 4. The van der Waals surface area contributed by atoms with Crippen LogP contribution in [0, 0.1) is 0 Å². The summed E-state index contributed by atoms with van der Waals surface area (Å²) in [6.07, 6.45) is 5.47. The third kappa shape index (κ3) is 3.69. The van der Waals surface area contributed by atoms with E-state index >= 15 is 0 Å². The molecule has 1 aliphatic rings. The minimum absolute atomic E-state index is 0.165. The van der Waals surface area contributed by atoms with Crippen molar-refractivity contribution in [3.05, 3.63) is 65.4 Å². The van der Waals surface area contributed by atoms with Crippen molar-refractivity contribution in [2.75, 3.05) is 6.61 Å². The highest BCUT2D eigenvalue weighted by molar-refractivity contribution is 5.96. The van der Waals surface area contributed by atoms with E-state index in [0.717, 1.165) is 16.5 Å². The van der Waals surface area contributed by atoms with Gasteiger partial charge in [0.25, 0.3) is 0 Å². The van der Waals surface area contributed by atoms with Gasteiger partial charge in [0.05, 0.1) is 6.61 Å². The Hall–Kier alpha value is -2.81. The van der Waals surface area contributed by atoms with Crippen LogP contribution < -0.4 is 0 Å². The lowest BCUT2D eigenvalue weighted by atomic mass is 9.63. The molecule has 0 amide bonds. The van der Waals surface area contributed by atoms with Crippen molar-refractivity contribution in [1.29, 1.82) is 0 Å². The van der Waals surface area contributed by atoms with Gasteiger partial charge in [-0.05, 0) is 71.1 Å². The number of ether oxygens (including phenoxy) is 1. The van der Waals surface area contributed by atoms with Crippen molar-refractivity contribution in [3.8, 4) is 11.1 Å². The van der Waals surface area contributed by atoms with E-state index in [0.29, 0.717) is 12.4 Å². The Labute approximate surface area is 178 Å². The Bertz CT molecular complexity index is 1130. The van der Waals surface area contributed by atoms with Crippen molar-refractivity contribution < 1.29 is 13.9 Å². The first-order valence-corrected chi connectivity index (χ1v) is 10.7. The van der Waals surface area contributed by atoms with Crippen LogP contribution in [-0.2, 0) is 20.4 Å². The van der Waals surface area contributed by atoms with Gasteiger partial charge in [0.2, 0.25) is 0 Å². The van der Waals surface area contributed by atoms with Crippen LogP contribution in [0.3, 0.4) is 0 Å². The van der Waals surface area contributed by atoms with E-state index in [1.807, 2.05) is 18.2 Å². The van der Waals surface area contributed by atoms with E-state index in [1.165, 1.54) is 35.6 Å². The van der Waals surface area contributed by atoms with E-state index in [9.17, 15) is 4.79 Å². The molecule has 30 heavy (non-hydrogen) atoms. The Balaban J connectivity index is 1.78. The quantitative estimate of drug-likeness (QED) is 0.347. The van der Waals surface area contributed by atoms with Crippen LogP contribution in [0.4, 0.5) is 0 Å². The lowest BCUT2D eigenvalue weighted by Gasteiger charge is -2.42. The van der Waals surface area contributed by atoms with Crippen LogP contribution in [-0.4, -0.2) is 12.6 Å². The molecule has 1 heterocycles. The van der Waals surface area contributed by atoms with Gasteiger partial charge in [0.15, 0.2) is 0 Å². The summed E-state index contributed by atoms with van der Waals surface area (Å²) in [5, 5.41) is 1.05. The number of carbonyl (C=O) groups is 1. The molecule has 0 fully saturated rings. The zero-order valence-corrected chi connectivity index (χ0v) is 18.5. The fraction of sp³-hybridized carbons (Fsp3) is 0.370. The zero-order valence-electron chi connectivity index (χ0n) is 18.5. The maximum Gasteiger partial charge on any atom is 0.330 e. The van der Waals surface area contributed by atoms with Gasteiger partial charge in [-0.25, -0.2) is 4.79 Å². The lowest BCUT2D eigenvalue weighted by molar-refractivity contribution is -0.137. The third-order valence-electron chi connectivity index (χ3n) is 6.41. The topological polar surface area (TPSA) is 39.4 Å². The molecule has 3 nitrogen and oxygen atoms in total. The largest absolute Gasteiger partial charge is 0.463 e. The fourth-order valence-electron chi connectivity index (χ4n) is 4.51. The normalized spacial score (nSPS) is 17.2. The molecule has 0 bridgehead atoms. The molecule has 0 spiro atoms. The number of hydrogen-bond acceptors (Lipinski definition) is 3. The van der Waals surface area contributed by atoms with Crippen molar-refractivity contribution in [2.24, 2.45) is 0 Å². The third-order valence-corrected chi connectivity index (χ3v) is 6.41. The van der Waals surface area contributed by atoms with E-state index in [4.69, 9.17) is 9.15 Å². The molecular weight excluding hydrogens is 372 g/mol. The Morgan fingerprint density at radius 2 is 1.77 bits per heavy atom. The average molecular weight is 403 g/mol. The molecule has 3 aromatic rings. The monoisotopic (exact) mass is 402 g/mol. The van der Waals surface area contributed by atoms with Gasteiger partial charge in [-0.15, -0.1) is 0 Å². The first-order chi connectivity index (χ1) is 14.2. The summed E-state index contributed by atoms with van der Waals surface area (Å²) in [5.74, 6) is 0.280. The molecule has 3 heteroatoms. The summed E-state index contributed by atoms with van der Waals surface area (Å²) < 4.78 is 10.9. The molecule has 0 radical (unpaired) electrons. The van der Waals surface area contributed by atoms with Gasteiger partial charge in [0.1, 0.15) is 11.3 Å². The molecule has 0 unspecified atom stereocenters. The maximum absolute atomic E-state index is 11.6. The number of carbonyl (C=O) groups excluding carboxylic acids is 1. The van der Waals surface area contributed by atoms with E-state index in [1.54, 1.807) is 13.0 Å². The highest BCUT2D eigenvalue weighted by atomic mass is 16.5. The fourth-order valence-corrected chi connectivity index (χ4v) is 4.51. The van der Waals surface area contributed by atoms with Crippen LogP contribution >= 0.6 is 0 Å². The minimum atomic E-state index is -0.363. The standard InChI is InChI=1S/C27H30O3/c1-6-29-25(28)13-11-19-17-21-20(8-7-9-24(21)30-19)18-10-12-22-23(16-18)27(4,5)15-14-26(22,2)3/h7-13,16-17H,6,14-15H2,1-5H3/b13-11+. The summed E-state index contributed by atoms with van der Waals surface area (Å²) in [7, 11) is 0. The maximum atomic E-state index is 11.6. The van der Waals surface area contributed by atoms with Gasteiger partial charge >= 0.3 is 5.97 Å². The number of esters is 1. The van der Waals surface area contributed by atoms with Crippen molar-refractivity contribution in [2.45, 2.75) is 58.3 Å². The number of fused-ring (bicyclic) bond motifs is 2. The van der Waals surface area contributed by atoms with Crippen LogP contribution in [0.2, 0.25) is 0 Å². The van der Waals surface area contributed by atoms with Gasteiger partial charge in [0, 0.05) is 11.5 Å². The average Bonchev–Trinajstić information content (AvgIpc) is 3.13. The SMILES string of the molecule is CCOC(=O)/C=C/c1cc2c(-c3ccc4c(c3)C(C)(C)CCC4(C)C)cccc2o1. The van der Waals surface area contributed by atoms with Crippen molar-refractivity contribution in [1.82, 2.24) is 0 Å². The second-order valence-electron chi connectivity index (χ2n) is 9.48. The molecule has 1 aromatic heterocycles. The Morgan fingerprint density at radius 1 is 1.03 bits per heavy atom. The molecular formula is C27H30O3. The molecule has 2 aromatic carbocycles. The van der Waals surface area contributed by atoms with Crippen molar-refractivity contribution in [3.63, 3.8) is 0 Å². The molecule has 0 saturated heterocycles. The van der Waals surface area contributed by atoms with Gasteiger partial charge in [-0.1, -0.05) is 58.0 Å². The van der Waals surface area contributed by atoms with E-state index in [-0.39, 0.29) is 16.8 Å². The van der Waals surface area contributed by atoms with Crippen LogP contribution in [0.25, 0.3) is 28.2 Å². The first kappa shape index (κ1) is 20.5.